The molecule has 0 spiro atoms. The van der Waals surface area contributed by atoms with E-state index in [9.17, 15) is 9.18 Å². The van der Waals surface area contributed by atoms with Crippen molar-refractivity contribution in [1.29, 1.82) is 0 Å². The molecule has 0 bridgehead atoms. The fourth-order valence-corrected chi connectivity index (χ4v) is 3.89. The first kappa shape index (κ1) is 19.6. The van der Waals surface area contributed by atoms with E-state index in [0.717, 1.165) is 9.90 Å². The van der Waals surface area contributed by atoms with Gasteiger partial charge in [0.25, 0.3) is 0 Å². The van der Waals surface area contributed by atoms with Crippen molar-refractivity contribution in [1.82, 2.24) is 15.5 Å². The van der Waals surface area contributed by atoms with Crippen molar-refractivity contribution in [2.45, 2.75) is 29.5 Å². The van der Waals surface area contributed by atoms with Gasteiger partial charge in [0.1, 0.15) is 5.82 Å². The van der Waals surface area contributed by atoms with Crippen molar-refractivity contribution in [2.75, 3.05) is 25.6 Å². The van der Waals surface area contributed by atoms with Gasteiger partial charge in [-0.25, -0.2) is 4.39 Å². The highest BCUT2D eigenvalue weighted by Crippen LogP contribution is 2.29. The molecule has 1 aromatic carbocycles. The van der Waals surface area contributed by atoms with E-state index in [1.165, 1.54) is 35.2 Å². The van der Waals surface area contributed by atoms with Gasteiger partial charge in [0.15, 0.2) is 4.34 Å². The summed E-state index contributed by atoms with van der Waals surface area (Å²) in [4.78, 5) is 12.3. The molecule has 2 rings (SSSR count). The molecule has 2 N–H and O–H groups in total. The smallest absolute Gasteiger partial charge is 0.233 e. The molecule has 0 unspecified atom stereocenters. The molecule has 9 heteroatoms. The van der Waals surface area contributed by atoms with E-state index in [2.05, 4.69) is 20.8 Å². The molecule has 0 aliphatic carbocycles. The zero-order chi connectivity index (χ0) is 18.2. The summed E-state index contributed by atoms with van der Waals surface area (Å²) in [6.07, 6.45) is 0. The van der Waals surface area contributed by atoms with Gasteiger partial charge in [0.05, 0.1) is 17.9 Å². The number of hydrogen-bond acceptors (Lipinski definition) is 7. The first-order chi connectivity index (χ1) is 12.0. The van der Waals surface area contributed by atoms with Crippen molar-refractivity contribution in [2.24, 2.45) is 0 Å². The Morgan fingerprint density at radius 2 is 2.04 bits per heavy atom. The number of anilines is 1. The van der Waals surface area contributed by atoms with Gasteiger partial charge in [0, 0.05) is 13.7 Å². The number of nitrogens with one attached hydrogen (secondary N) is 2. The molecule has 0 aliphatic rings. The van der Waals surface area contributed by atoms with Gasteiger partial charge < -0.3 is 15.4 Å². The second-order valence-corrected chi connectivity index (χ2v) is 7.90. The number of carbonyl (C=O) groups is 1. The molecular formula is C16H21FN4O2S2. The third-order valence-corrected chi connectivity index (χ3v) is 5.43. The third kappa shape index (κ3) is 6.26. The predicted octanol–water partition coefficient (Wildman–Crippen LogP) is 3.09. The Kier molecular flexibility index (Phi) is 7.60. The van der Waals surface area contributed by atoms with Crippen molar-refractivity contribution < 1.29 is 13.9 Å². The maximum atomic E-state index is 13.0. The molecular weight excluding hydrogens is 363 g/mol. The van der Waals surface area contributed by atoms with Crippen LogP contribution in [0.1, 0.15) is 25.5 Å². The van der Waals surface area contributed by atoms with Crippen LogP contribution in [0.2, 0.25) is 0 Å². The predicted molar refractivity (Wildman–Crippen MR) is 98.6 cm³/mol. The number of rotatable bonds is 9. The molecule has 6 nitrogen and oxygen atoms in total. The van der Waals surface area contributed by atoms with Gasteiger partial charge in [-0.15, -0.1) is 10.2 Å². The average Bonchev–Trinajstić information content (AvgIpc) is 3.03. The van der Waals surface area contributed by atoms with E-state index < -0.39 is 0 Å². The number of carbonyl (C=O) groups excluding carboxylic acids is 1. The number of thioether (sulfide) groups is 1. The number of aromatic nitrogens is 2. The summed E-state index contributed by atoms with van der Waals surface area (Å²) in [6.45, 7) is 4.92. The molecule has 0 saturated carbocycles. The van der Waals surface area contributed by atoms with E-state index in [-0.39, 0.29) is 23.0 Å². The Hall–Kier alpha value is -1.71. The number of methoxy groups -OCH3 is 1. The van der Waals surface area contributed by atoms with E-state index in [0.29, 0.717) is 18.3 Å². The van der Waals surface area contributed by atoms with Gasteiger partial charge in [-0.2, -0.15) is 0 Å². The first-order valence-electron chi connectivity index (χ1n) is 7.78. The molecule has 0 saturated heterocycles. The number of benzene rings is 1. The monoisotopic (exact) mass is 384 g/mol. The number of amides is 1. The summed E-state index contributed by atoms with van der Waals surface area (Å²) < 4.78 is 18.6. The van der Waals surface area contributed by atoms with Gasteiger partial charge in [-0.05, 0) is 31.5 Å². The van der Waals surface area contributed by atoms with Crippen molar-refractivity contribution in [3.63, 3.8) is 0 Å². The summed E-state index contributed by atoms with van der Waals surface area (Å²) in [5, 5.41) is 14.5. The highest BCUT2D eigenvalue weighted by atomic mass is 32.2. The SMILES string of the molecule is COCCNc1nnc(S[C@H](C)C(=O)N[C@@H](C)c2ccc(F)cc2)s1. The molecule has 1 amide bonds. The Labute approximate surface area is 154 Å². The highest BCUT2D eigenvalue weighted by Gasteiger charge is 2.19. The lowest BCUT2D eigenvalue weighted by atomic mass is 10.1. The van der Waals surface area contributed by atoms with Crippen LogP contribution >= 0.6 is 23.1 Å². The van der Waals surface area contributed by atoms with Gasteiger partial charge in [0.2, 0.25) is 11.0 Å². The van der Waals surface area contributed by atoms with Crippen molar-refractivity contribution in [3.8, 4) is 0 Å². The van der Waals surface area contributed by atoms with Crippen LogP contribution in [0.3, 0.4) is 0 Å². The van der Waals surface area contributed by atoms with Crippen LogP contribution in [0.25, 0.3) is 0 Å². The lowest BCUT2D eigenvalue weighted by molar-refractivity contribution is -0.120. The highest BCUT2D eigenvalue weighted by molar-refractivity contribution is 8.02. The van der Waals surface area contributed by atoms with Crippen LogP contribution in [0.15, 0.2) is 28.6 Å². The number of hydrogen-bond donors (Lipinski definition) is 2. The minimum atomic E-state index is -0.317. The standard InChI is InChI=1S/C16H21FN4O2S2/c1-10(12-4-6-13(17)7-5-12)19-14(22)11(2)24-16-21-20-15(25-16)18-8-9-23-3/h4-7,10-11H,8-9H2,1-3H3,(H,18,20)(H,19,22)/t10-,11+/m0/s1. The van der Waals surface area contributed by atoms with Crippen LogP contribution in [0.5, 0.6) is 0 Å². The van der Waals surface area contributed by atoms with E-state index in [1.54, 1.807) is 19.2 Å². The maximum absolute atomic E-state index is 13.0. The molecule has 0 radical (unpaired) electrons. The average molecular weight is 385 g/mol. The largest absolute Gasteiger partial charge is 0.383 e. The second kappa shape index (κ2) is 9.69. The summed E-state index contributed by atoms with van der Waals surface area (Å²) in [5.41, 5.74) is 0.854. The quantitative estimate of drug-likeness (QED) is 0.511. The molecule has 1 heterocycles. The van der Waals surface area contributed by atoms with E-state index in [4.69, 9.17) is 4.74 Å². The molecule has 136 valence electrons. The number of nitrogens with zero attached hydrogens (tertiary/aromatic N) is 2. The Morgan fingerprint density at radius 3 is 2.72 bits per heavy atom. The molecule has 0 fully saturated rings. The number of ether oxygens (including phenoxy) is 1. The second-order valence-electron chi connectivity index (χ2n) is 5.33. The van der Waals surface area contributed by atoms with E-state index in [1.807, 2.05) is 13.8 Å². The van der Waals surface area contributed by atoms with Gasteiger partial charge in [-0.1, -0.05) is 35.2 Å². The fraction of sp³-hybridized carbons (Fsp3) is 0.438. The molecule has 25 heavy (non-hydrogen) atoms. The lowest BCUT2D eigenvalue weighted by Gasteiger charge is -2.17. The summed E-state index contributed by atoms with van der Waals surface area (Å²) >= 11 is 2.75. The topological polar surface area (TPSA) is 76.1 Å². The van der Waals surface area contributed by atoms with Crippen LogP contribution < -0.4 is 10.6 Å². The van der Waals surface area contributed by atoms with Crippen LogP contribution in [-0.2, 0) is 9.53 Å². The van der Waals surface area contributed by atoms with Crippen LogP contribution in [0, 0.1) is 5.82 Å². The van der Waals surface area contributed by atoms with E-state index >= 15 is 0 Å². The van der Waals surface area contributed by atoms with Gasteiger partial charge >= 0.3 is 0 Å². The zero-order valence-electron chi connectivity index (χ0n) is 14.3. The van der Waals surface area contributed by atoms with Crippen LogP contribution in [0.4, 0.5) is 9.52 Å². The zero-order valence-corrected chi connectivity index (χ0v) is 15.9. The minimum absolute atomic E-state index is 0.106. The third-order valence-electron chi connectivity index (χ3n) is 3.36. The molecule has 2 aromatic rings. The van der Waals surface area contributed by atoms with Crippen molar-refractivity contribution >= 4 is 34.1 Å². The van der Waals surface area contributed by atoms with Crippen LogP contribution in [-0.4, -0.2) is 41.6 Å². The van der Waals surface area contributed by atoms with Crippen molar-refractivity contribution in [3.05, 3.63) is 35.6 Å². The van der Waals surface area contributed by atoms with Gasteiger partial charge in [-0.3, -0.25) is 4.79 Å². The maximum Gasteiger partial charge on any atom is 0.233 e. The lowest BCUT2D eigenvalue weighted by Crippen LogP contribution is -2.33. The fourth-order valence-electron chi connectivity index (χ4n) is 1.96. The Bertz CT molecular complexity index is 681. The Balaban J connectivity index is 1.84. The first-order valence-corrected chi connectivity index (χ1v) is 9.48. The molecule has 2 atom stereocenters. The summed E-state index contributed by atoms with van der Waals surface area (Å²) in [7, 11) is 1.64. The summed E-state index contributed by atoms with van der Waals surface area (Å²) in [5.74, 6) is -0.400. The summed E-state index contributed by atoms with van der Waals surface area (Å²) in [6, 6.07) is 5.91. The normalized spacial score (nSPS) is 13.3. The molecule has 0 aliphatic heterocycles. The number of halogens is 1. The minimum Gasteiger partial charge on any atom is -0.383 e. The Morgan fingerprint density at radius 1 is 1.32 bits per heavy atom. The molecule has 1 aromatic heterocycles.